The summed E-state index contributed by atoms with van der Waals surface area (Å²) in [4.78, 5) is 24.7. The second-order valence-corrected chi connectivity index (χ2v) is 5.62. The van der Waals surface area contributed by atoms with E-state index >= 15 is 0 Å². The molecule has 0 saturated carbocycles. The number of aryl methyl sites for hydroxylation is 2. The monoisotopic (exact) mass is 306 g/mol. The number of carbonyl (C=O) groups is 1. The molecule has 1 aliphatic heterocycles. The van der Waals surface area contributed by atoms with Gasteiger partial charge in [0.15, 0.2) is 11.5 Å². The van der Waals surface area contributed by atoms with Crippen LogP contribution in [0.3, 0.4) is 0 Å². The van der Waals surface area contributed by atoms with E-state index < -0.39 is 0 Å². The Morgan fingerprint density at radius 1 is 1.29 bits per heavy atom. The van der Waals surface area contributed by atoms with Gasteiger partial charge in [0.25, 0.3) is 11.5 Å². The number of nitrogens with zero attached hydrogens (tertiary/aromatic N) is 1. The smallest absolute Gasteiger partial charge is 0.284 e. The number of rotatable bonds is 2. The van der Waals surface area contributed by atoms with Crippen LogP contribution in [0.5, 0.6) is 11.5 Å². The lowest BCUT2D eigenvalue weighted by atomic mass is 10.2. The van der Waals surface area contributed by atoms with E-state index in [1.165, 1.54) is 22.1 Å². The molecule has 0 fully saturated rings. The van der Waals surface area contributed by atoms with E-state index in [1.54, 1.807) is 12.3 Å². The summed E-state index contributed by atoms with van der Waals surface area (Å²) in [5, 5.41) is 1.73. The Bertz CT molecular complexity index is 763. The van der Waals surface area contributed by atoms with Crippen LogP contribution >= 0.6 is 11.3 Å². The minimum Gasteiger partial charge on any atom is -0.485 e. The maximum absolute atomic E-state index is 12.3. The summed E-state index contributed by atoms with van der Waals surface area (Å²) < 4.78 is 12.1. The topological polar surface area (TPSA) is 69.6 Å². The molecule has 2 aromatic heterocycles. The number of fused-ring (bicyclic) bond motifs is 1. The second-order valence-electron chi connectivity index (χ2n) is 4.74. The molecular formula is C14H14N2O4S. The van der Waals surface area contributed by atoms with Crippen LogP contribution in [0.15, 0.2) is 22.3 Å². The van der Waals surface area contributed by atoms with E-state index in [0.29, 0.717) is 35.3 Å². The van der Waals surface area contributed by atoms with Gasteiger partial charge in [0, 0.05) is 17.1 Å². The fourth-order valence-corrected chi connectivity index (χ4v) is 3.00. The highest BCUT2D eigenvalue weighted by Gasteiger charge is 2.24. The van der Waals surface area contributed by atoms with Crippen molar-refractivity contribution in [3.63, 3.8) is 0 Å². The molecule has 1 aliphatic rings. The van der Waals surface area contributed by atoms with E-state index in [4.69, 9.17) is 9.47 Å². The summed E-state index contributed by atoms with van der Waals surface area (Å²) in [6.07, 6.45) is 0. The predicted octanol–water partition coefficient (Wildman–Crippen LogP) is 1.68. The molecule has 0 spiro atoms. The van der Waals surface area contributed by atoms with Gasteiger partial charge in [0.05, 0.1) is 0 Å². The predicted molar refractivity (Wildman–Crippen MR) is 79.2 cm³/mol. The van der Waals surface area contributed by atoms with Gasteiger partial charge in [0.1, 0.15) is 18.1 Å². The SMILES string of the molecule is Cc1cc(C)n(NC(=O)c2scc3c2OCCO3)c(=O)c1. The number of thiophene rings is 1. The number of carbonyl (C=O) groups excluding carboxylic acids is 1. The lowest BCUT2D eigenvalue weighted by Gasteiger charge is -2.16. The Balaban J connectivity index is 1.91. The summed E-state index contributed by atoms with van der Waals surface area (Å²) in [5.41, 5.74) is 3.84. The van der Waals surface area contributed by atoms with Crippen molar-refractivity contribution >= 4 is 17.2 Å². The molecule has 1 N–H and O–H groups in total. The van der Waals surface area contributed by atoms with Crippen LogP contribution in [-0.4, -0.2) is 23.8 Å². The van der Waals surface area contributed by atoms with Gasteiger partial charge in [-0.1, -0.05) is 0 Å². The maximum atomic E-state index is 12.3. The molecule has 0 bridgehead atoms. The zero-order valence-corrected chi connectivity index (χ0v) is 12.5. The first-order chi connectivity index (χ1) is 10.1. The Kier molecular flexibility index (Phi) is 3.42. The molecule has 0 radical (unpaired) electrons. The third kappa shape index (κ3) is 2.52. The molecule has 1 amide bonds. The molecule has 21 heavy (non-hydrogen) atoms. The number of pyridine rings is 1. The Morgan fingerprint density at radius 3 is 2.81 bits per heavy atom. The maximum Gasteiger partial charge on any atom is 0.284 e. The molecule has 0 unspecified atom stereocenters. The number of hydrogen-bond acceptors (Lipinski definition) is 5. The van der Waals surface area contributed by atoms with Gasteiger partial charge < -0.3 is 9.47 Å². The second kappa shape index (κ2) is 5.25. The van der Waals surface area contributed by atoms with E-state index in [-0.39, 0.29) is 11.5 Å². The molecule has 3 heterocycles. The van der Waals surface area contributed by atoms with Gasteiger partial charge in [-0.3, -0.25) is 15.0 Å². The molecule has 2 aromatic rings. The van der Waals surface area contributed by atoms with Crippen LogP contribution in [-0.2, 0) is 0 Å². The van der Waals surface area contributed by atoms with Crippen molar-refractivity contribution in [1.29, 1.82) is 0 Å². The highest BCUT2D eigenvalue weighted by atomic mass is 32.1. The average Bonchev–Trinajstić information content (AvgIpc) is 2.86. The molecular weight excluding hydrogens is 292 g/mol. The van der Waals surface area contributed by atoms with E-state index in [1.807, 2.05) is 13.0 Å². The van der Waals surface area contributed by atoms with Crippen molar-refractivity contribution in [2.24, 2.45) is 0 Å². The van der Waals surface area contributed by atoms with Gasteiger partial charge >= 0.3 is 0 Å². The Hall–Kier alpha value is -2.28. The molecule has 110 valence electrons. The van der Waals surface area contributed by atoms with Crippen molar-refractivity contribution in [1.82, 2.24) is 4.68 Å². The van der Waals surface area contributed by atoms with Crippen LogP contribution in [0.1, 0.15) is 20.9 Å². The van der Waals surface area contributed by atoms with Gasteiger partial charge in [0.2, 0.25) is 0 Å². The lowest BCUT2D eigenvalue weighted by Crippen LogP contribution is -2.34. The van der Waals surface area contributed by atoms with Crippen molar-refractivity contribution < 1.29 is 14.3 Å². The highest BCUT2D eigenvalue weighted by molar-refractivity contribution is 7.12. The summed E-state index contributed by atoms with van der Waals surface area (Å²) >= 11 is 1.23. The summed E-state index contributed by atoms with van der Waals surface area (Å²) in [5.74, 6) is 0.631. The van der Waals surface area contributed by atoms with Crippen LogP contribution in [0.4, 0.5) is 0 Å². The first-order valence-electron chi connectivity index (χ1n) is 6.45. The number of nitrogens with one attached hydrogen (secondary N) is 1. The summed E-state index contributed by atoms with van der Waals surface area (Å²) in [6.45, 7) is 4.48. The van der Waals surface area contributed by atoms with Crippen LogP contribution in [0, 0.1) is 13.8 Å². The normalized spacial score (nSPS) is 13.0. The lowest BCUT2D eigenvalue weighted by molar-refractivity contribution is 0.100. The zero-order valence-electron chi connectivity index (χ0n) is 11.6. The standard InChI is InChI=1S/C14H14N2O4S/c1-8-5-9(2)16(11(17)6-8)15-14(18)13-12-10(7-21-13)19-3-4-20-12/h5-7H,3-4H2,1-2H3,(H,15,18). The zero-order chi connectivity index (χ0) is 15.0. The third-order valence-corrected chi connectivity index (χ3v) is 4.02. The first-order valence-corrected chi connectivity index (χ1v) is 7.33. The molecule has 0 saturated heterocycles. The van der Waals surface area contributed by atoms with E-state index in [2.05, 4.69) is 5.43 Å². The van der Waals surface area contributed by atoms with Crippen LogP contribution in [0.25, 0.3) is 0 Å². The van der Waals surface area contributed by atoms with E-state index in [0.717, 1.165) is 5.56 Å². The van der Waals surface area contributed by atoms with Crippen molar-refractivity contribution in [2.45, 2.75) is 13.8 Å². The van der Waals surface area contributed by atoms with Crippen molar-refractivity contribution in [2.75, 3.05) is 18.6 Å². The Labute approximate surface area is 124 Å². The largest absolute Gasteiger partial charge is 0.485 e. The van der Waals surface area contributed by atoms with E-state index in [9.17, 15) is 9.59 Å². The minimum absolute atomic E-state index is 0.275. The van der Waals surface area contributed by atoms with Crippen molar-refractivity contribution in [3.8, 4) is 11.5 Å². The average molecular weight is 306 g/mol. The summed E-state index contributed by atoms with van der Waals surface area (Å²) in [6, 6.07) is 3.29. The number of aromatic nitrogens is 1. The number of amides is 1. The van der Waals surface area contributed by atoms with Crippen LogP contribution < -0.4 is 20.5 Å². The summed E-state index contributed by atoms with van der Waals surface area (Å²) in [7, 11) is 0. The molecule has 3 rings (SSSR count). The molecule has 0 aliphatic carbocycles. The fourth-order valence-electron chi connectivity index (χ4n) is 2.18. The molecule has 7 heteroatoms. The quantitative estimate of drug-likeness (QED) is 0.916. The third-order valence-electron chi connectivity index (χ3n) is 3.08. The van der Waals surface area contributed by atoms with Gasteiger partial charge in [-0.2, -0.15) is 0 Å². The molecule has 6 nitrogen and oxygen atoms in total. The van der Waals surface area contributed by atoms with Crippen LogP contribution in [0.2, 0.25) is 0 Å². The first kappa shape index (κ1) is 13.7. The molecule has 0 aromatic carbocycles. The van der Waals surface area contributed by atoms with Gasteiger partial charge in [-0.25, -0.2) is 4.68 Å². The number of hydrogen-bond donors (Lipinski definition) is 1. The van der Waals surface area contributed by atoms with Gasteiger partial charge in [-0.05, 0) is 25.5 Å². The Morgan fingerprint density at radius 2 is 2.05 bits per heavy atom. The fraction of sp³-hybridized carbons (Fsp3) is 0.286. The highest BCUT2D eigenvalue weighted by Crippen LogP contribution is 2.39. The van der Waals surface area contributed by atoms with Gasteiger partial charge in [-0.15, -0.1) is 11.3 Å². The number of ether oxygens (including phenoxy) is 2. The van der Waals surface area contributed by atoms with Crippen molar-refractivity contribution in [3.05, 3.63) is 44.0 Å². The molecule has 0 atom stereocenters. The minimum atomic E-state index is -0.388.